The van der Waals surface area contributed by atoms with Gasteiger partial charge in [0.2, 0.25) is 5.91 Å². The van der Waals surface area contributed by atoms with Gasteiger partial charge in [0.25, 0.3) is 0 Å². The van der Waals surface area contributed by atoms with E-state index in [0.717, 1.165) is 24.3 Å². The molecule has 1 atom stereocenters. The van der Waals surface area contributed by atoms with Crippen molar-refractivity contribution in [2.24, 2.45) is 0 Å². The standard InChI is InChI=1S/C15H21N3O3/c1-3-21-13-8-6-11(7-9-13)16-10(2)14(19)18-15(20)17-12-4-5-12/h6-10,12,16H,3-5H2,1-2H3,(H2,17,18,19,20). The Hall–Kier alpha value is -2.24. The molecule has 6 heteroatoms. The van der Waals surface area contributed by atoms with Gasteiger partial charge in [-0.15, -0.1) is 0 Å². The van der Waals surface area contributed by atoms with Gasteiger partial charge in [-0.2, -0.15) is 0 Å². The molecule has 3 amide bonds. The topological polar surface area (TPSA) is 79.5 Å². The minimum atomic E-state index is -0.507. The number of carbonyl (C=O) groups is 2. The third kappa shape index (κ3) is 4.98. The monoisotopic (exact) mass is 291 g/mol. The number of carbonyl (C=O) groups excluding carboxylic acids is 2. The van der Waals surface area contributed by atoms with Gasteiger partial charge in [0.05, 0.1) is 6.61 Å². The molecule has 1 aromatic carbocycles. The number of nitrogens with one attached hydrogen (secondary N) is 3. The second-order valence-electron chi connectivity index (χ2n) is 5.06. The lowest BCUT2D eigenvalue weighted by Crippen LogP contribution is -2.46. The zero-order valence-corrected chi connectivity index (χ0v) is 12.3. The van der Waals surface area contributed by atoms with Crippen LogP contribution in [0, 0.1) is 0 Å². The molecule has 0 saturated heterocycles. The Kier molecular flexibility index (Phi) is 5.03. The first-order valence-corrected chi connectivity index (χ1v) is 7.19. The fraction of sp³-hybridized carbons (Fsp3) is 0.467. The lowest BCUT2D eigenvalue weighted by atomic mass is 10.2. The van der Waals surface area contributed by atoms with Gasteiger partial charge < -0.3 is 15.4 Å². The van der Waals surface area contributed by atoms with E-state index in [1.165, 1.54) is 0 Å². The summed E-state index contributed by atoms with van der Waals surface area (Å²) < 4.78 is 5.35. The van der Waals surface area contributed by atoms with Gasteiger partial charge in [-0.1, -0.05) is 0 Å². The van der Waals surface area contributed by atoms with E-state index in [9.17, 15) is 9.59 Å². The third-order valence-electron chi connectivity index (χ3n) is 3.09. The lowest BCUT2D eigenvalue weighted by molar-refractivity contribution is -0.120. The molecule has 1 aliphatic rings. The Labute approximate surface area is 124 Å². The van der Waals surface area contributed by atoms with Gasteiger partial charge in [-0.25, -0.2) is 4.79 Å². The summed E-state index contributed by atoms with van der Waals surface area (Å²) in [5.74, 6) is 0.422. The number of anilines is 1. The molecule has 2 rings (SSSR count). The van der Waals surface area contributed by atoms with E-state index in [4.69, 9.17) is 4.74 Å². The third-order valence-corrected chi connectivity index (χ3v) is 3.09. The molecule has 3 N–H and O–H groups in total. The zero-order valence-electron chi connectivity index (χ0n) is 12.3. The summed E-state index contributed by atoms with van der Waals surface area (Å²) in [7, 11) is 0. The molecule has 1 unspecified atom stereocenters. The fourth-order valence-electron chi connectivity index (χ4n) is 1.80. The molecule has 0 spiro atoms. The second-order valence-corrected chi connectivity index (χ2v) is 5.06. The van der Waals surface area contributed by atoms with Crippen molar-refractivity contribution in [2.75, 3.05) is 11.9 Å². The molecule has 1 aliphatic carbocycles. The molecule has 1 fully saturated rings. The number of hydrogen-bond donors (Lipinski definition) is 3. The summed E-state index contributed by atoms with van der Waals surface area (Å²) in [6.45, 7) is 4.24. The summed E-state index contributed by atoms with van der Waals surface area (Å²) >= 11 is 0. The first-order chi connectivity index (χ1) is 10.1. The molecular weight excluding hydrogens is 270 g/mol. The number of ether oxygens (including phenoxy) is 1. The average Bonchev–Trinajstić information content (AvgIpc) is 3.25. The lowest BCUT2D eigenvalue weighted by Gasteiger charge is -2.15. The molecule has 0 heterocycles. The van der Waals surface area contributed by atoms with Gasteiger partial charge in [0.15, 0.2) is 0 Å². The van der Waals surface area contributed by atoms with Gasteiger partial charge in [-0.05, 0) is 51.0 Å². The van der Waals surface area contributed by atoms with Crippen molar-refractivity contribution < 1.29 is 14.3 Å². The Morgan fingerprint density at radius 1 is 1.29 bits per heavy atom. The van der Waals surface area contributed by atoms with Crippen LogP contribution in [0.1, 0.15) is 26.7 Å². The first kappa shape index (κ1) is 15.2. The Morgan fingerprint density at radius 2 is 1.95 bits per heavy atom. The van der Waals surface area contributed by atoms with Gasteiger partial charge in [0, 0.05) is 11.7 Å². The van der Waals surface area contributed by atoms with E-state index in [1.54, 1.807) is 6.92 Å². The van der Waals surface area contributed by atoms with E-state index in [0.29, 0.717) is 6.61 Å². The van der Waals surface area contributed by atoms with Gasteiger partial charge >= 0.3 is 6.03 Å². The highest BCUT2D eigenvalue weighted by atomic mass is 16.5. The van der Waals surface area contributed by atoms with Crippen LogP contribution in [0.3, 0.4) is 0 Å². The quantitative estimate of drug-likeness (QED) is 0.747. The van der Waals surface area contributed by atoms with Crippen LogP contribution in [0.5, 0.6) is 5.75 Å². The maximum absolute atomic E-state index is 11.9. The van der Waals surface area contributed by atoms with Crippen LogP contribution in [0.25, 0.3) is 0 Å². The van der Waals surface area contributed by atoms with E-state index in [-0.39, 0.29) is 11.9 Å². The highest BCUT2D eigenvalue weighted by Crippen LogP contribution is 2.18. The fourth-order valence-corrected chi connectivity index (χ4v) is 1.80. The van der Waals surface area contributed by atoms with E-state index < -0.39 is 12.1 Å². The number of hydrogen-bond acceptors (Lipinski definition) is 4. The number of amides is 3. The molecule has 1 aromatic rings. The van der Waals surface area contributed by atoms with Crippen LogP contribution < -0.4 is 20.7 Å². The molecule has 1 saturated carbocycles. The molecular formula is C15H21N3O3. The molecule has 0 aromatic heterocycles. The molecule has 0 bridgehead atoms. The summed E-state index contributed by atoms with van der Waals surface area (Å²) in [6, 6.07) is 6.62. The minimum absolute atomic E-state index is 0.229. The molecule has 6 nitrogen and oxygen atoms in total. The van der Waals surface area contributed by atoms with E-state index >= 15 is 0 Å². The summed E-state index contributed by atoms with van der Waals surface area (Å²) in [4.78, 5) is 23.4. The van der Waals surface area contributed by atoms with Crippen LogP contribution >= 0.6 is 0 Å². The van der Waals surface area contributed by atoms with Crippen molar-refractivity contribution in [1.82, 2.24) is 10.6 Å². The number of benzene rings is 1. The van der Waals surface area contributed by atoms with Crippen LogP contribution in [-0.2, 0) is 4.79 Å². The highest BCUT2D eigenvalue weighted by molar-refractivity contribution is 5.98. The van der Waals surface area contributed by atoms with Crippen molar-refractivity contribution in [3.05, 3.63) is 24.3 Å². The predicted octanol–water partition coefficient (Wildman–Crippen LogP) is 1.87. The van der Waals surface area contributed by atoms with E-state index in [2.05, 4.69) is 16.0 Å². The predicted molar refractivity (Wildman–Crippen MR) is 80.4 cm³/mol. The maximum Gasteiger partial charge on any atom is 0.321 e. The SMILES string of the molecule is CCOc1ccc(NC(C)C(=O)NC(=O)NC2CC2)cc1. The van der Waals surface area contributed by atoms with Crippen molar-refractivity contribution in [1.29, 1.82) is 0 Å². The van der Waals surface area contributed by atoms with Crippen LogP contribution in [0.2, 0.25) is 0 Å². The molecule has 114 valence electrons. The normalized spacial score (nSPS) is 15.0. The van der Waals surface area contributed by atoms with Gasteiger partial charge in [-0.3, -0.25) is 10.1 Å². The van der Waals surface area contributed by atoms with Gasteiger partial charge in [0.1, 0.15) is 11.8 Å². The number of imide groups is 1. The number of urea groups is 1. The molecule has 21 heavy (non-hydrogen) atoms. The van der Waals surface area contributed by atoms with Crippen molar-refractivity contribution in [3.8, 4) is 5.75 Å². The van der Waals surface area contributed by atoms with Crippen molar-refractivity contribution >= 4 is 17.6 Å². The highest BCUT2D eigenvalue weighted by Gasteiger charge is 2.24. The maximum atomic E-state index is 11.9. The zero-order chi connectivity index (χ0) is 15.2. The first-order valence-electron chi connectivity index (χ1n) is 7.19. The number of rotatable bonds is 6. The average molecular weight is 291 g/mol. The van der Waals surface area contributed by atoms with Crippen LogP contribution in [-0.4, -0.2) is 30.6 Å². The Balaban J connectivity index is 1.80. The summed E-state index contributed by atoms with van der Waals surface area (Å²) in [6.07, 6.45) is 1.98. The Bertz CT molecular complexity index is 497. The van der Waals surface area contributed by atoms with E-state index in [1.807, 2.05) is 31.2 Å². The largest absolute Gasteiger partial charge is 0.494 e. The van der Waals surface area contributed by atoms with Crippen LogP contribution in [0.4, 0.5) is 10.5 Å². The Morgan fingerprint density at radius 3 is 2.52 bits per heavy atom. The van der Waals surface area contributed by atoms with Crippen molar-refractivity contribution in [3.63, 3.8) is 0 Å². The summed E-state index contributed by atoms with van der Waals surface area (Å²) in [5.41, 5.74) is 0.795. The van der Waals surface area contributed by atoms with Crippen molar-refractivity contribution in [2.45, 2.75) is 38.8 Å². The van der Waals surface area contributed by atoms with Crippen LogP contribution in [0.15, 0.2) is 24.3 Å². The second kappa shape index (κ2) is 6.97. The summed E-state index contributed by atoms with van der Waals surface area (Å²) in [5, 5.41) is 8.07. The molecule has 0 radical (unpaired) electrons. The minimum Gasteiger partial charge on any atom is -0.494 e. The smallest absolute Gasteiger partial charge is 0.321 e. The molecule has 0 aliphatic heterocycles.